The van der Waals surface area contributed by atoms with E-state index in [0.29, 0.717) is 19.4 Å². The Morgan fingerprint density at radius 3 is 2.81 bits per heavy atom. The highest BCUT2D eigenvalue weighted by atomic mass is 16.4. The predicted molar refractivity (Wildman–Crippen MR) is 81.5 cm³/mol. The van der Waals surface area contributed by atoms with E-state index in [-0.39, 0.29) is 12.3 Å². The average Bonchev–Trinajstić information content (AvgIpc) is 2.86. The predicted octanol–water partition coefficient (Wildman–Crippen LogP) is 1.81. The fourth-order valence-corrected chi connectivity index (χ4v) is 2.63. The van der Waals surface area contributed by atoms with Crippen molar-refractivity contribution >= 4 is 17.6 Å². The summed E-state index contributed by atoms with van der Waals surface area (Å²) >= 11 is 0. The monoisotopic (exact) mass is 290 g/mol. The van der Waals surface area contributed by atoms with Crippen molar-refractivity contribution in [2.75, 3.05) is 24.5 Å². The van der Waals surface area contributed by atoms with Gasteiger partial charge in [0.25, 0.3) is 0 Å². The molecule has 1 heterocycles. The van der Waals surface area contributed by atoms with Crippen LogP contribution in [-0.2, 0) is 16.0 Å². The molecular weight excluding hydrogens is 268 g/mol. The first kappa shape index (κ1) is 15.4. The maximum atomic E-state index is 11.5. The Bertz CT molecular complexity index is 502. The number of hydrogen-bond donors (Lipinski definition) is 2. The Labute approximate surface area is 125 Å². The van der Waals surface area contributed by atoms with Crippen LogP contribution in [0, 0.1) is 0 Å². The molecule has 2 rings (SSSR count). The second kappa shape index (κ2) is 7.67. The van der Waals surface area contributed by atoms with Crippen molar-refractivity contribution in [2.45, 2.75) is 32.1 Å². The van der Waals surface area contributed by atoms with Crippen molar-refractivity contribution < 1.29 is 14.7 Å². The number of benzene rings is 1. The molecule has 114 valence electrons. The number of rotatable bonds is 8. The third-order valence-corrected chi connectivity index (χ3v) is 3.70. The second-order valence-electron chi connectivity index (χ2n) is 5.32. The van der Waals surface area contributed by atoms with Gasteiger partial charge in [-0.3, -0.25) is 9.59 Å². The minimum atomic E-state index is -0.851. The number of carboxylic acid groups (broad SMARTS) is 1. The van der Waals surface area contributed by atoms with Crippen molar-refractivity contribution in [2.24, 2.45) is 0 Å². The molecule has 2 N–H and O–H groups in total. The lowest BCUT2D eigenvalue weighted by atomic mass is 10.2. The highest BCUT2D eigenvalue weighted by Gasteiger charge is 2.17. The highest BCUT2D eigenvalue weighted by Crippen LogP contribution is 2.27. The summed E-state index contributed by atoms with van der Waals surface area (Å²) in [5, 5.41) is 11.4. The Hall–Kier alpha value is -2.04. The first-order chi connectivity index (χ1) is 10.2. The summed E-state index contributed by atoms with van der Waals surface area (Å²) in [6, 6.07) is 8.44. The summed E-state index contributed by atoms with van der Waals surface area (Å²) in [6.07, 6.45) is 2.74. The number of carbonyl (C=O) groups is 2. The van der Waals surface area contributed by atoms with E-state index in [1.807, 2.05) is 0 Å². The molecule has 1 aliphatic heterocycles. The topological polar surface area (TPSA) is 69.6 Å². The molecule has 0 spiro atoms. The fraction of sp³-hybridized carbons (Fsp3) is 0.500. The van der Waals surface area contributed by atoms with Gasteiger partial charge in [-0.1, -0.05) is 18.2 Å². The highest BCUT2D eigenvalue weighted by molar-refractivity contribution is 5.76. The zero-order valence-corrected chi connectivity index (χ0v) is 12.2. The molecule has 0 bridgehead atoms. The number of fused-ring (bicyclic) bond motifs is 1. The maximum absolute atomic E-state index is 11.5. The molecule has 0 saturated carbocycles. The smallest absolute Gasteiger partial charge is 0.303 e. The molecule has 0 fully saturated rings. The molecule has 21 heavy (non-hydrogen) atoms. The summed E-state index contributed by atoms with van der Waals surface area (Å²) in [5.41, 5.74) is 2.71. The lowest BCUT2D eigenvalue weighted by Gasteiger charge is -2.19. The van der Waals surface area contributed by atoms with Crippen LogP contribution >= 0.6 is 0 Å². The zero-order chi connectivity index (χ0) is 15.1. The zero-order valence-electron chi connectivity index (χ0n) is 12.2. The molecule has 0 unspecified atom stereocenters. The van der Waals surface area contributed by atoms with Crippen LogP contribution in [0.2, 0.25) is 0 Å². The van der Waals surface area contributed by atoms with E-state index in [1.54, 1.807) is 0 Å². The van der Waals surface area contributed by atoms with Crippen LogP contribution in [0.15, 0.2) is 24.3 Å². The van der Waals surface area contributed by atoms with Crippen LogP contribution in [0.3, 0.4) is 0 Å². The summed E-state index contributed by atoms with van der Waals surface area (Å²) < 4.78 is 0. The van der Waals surface area contributed by atoms with E-state index in [0.717, 1.165) is 25.9 Å². The number of hydrogen-bond acceptors (Lipinski definition) is 3. The second-order valence-corrected chi connectivity index (χ2v) is 5.32. The molecule has 0 aromatic heterocycles. The number of nitrogens with one attached hydrogen (secondary N) is 1. The van der Waals surface area contributed by atoms with Crippen LogP contribution in [-0.4, -0.2) is 36.6 Å². The van der Waals surface area contributed by atoms with Gasteiger partial charge in [-0.05, 0) is 30.9 Å². The molecule has 1 amide bonds. The summed E-state index contributed by atoms with van der Waals surface area (Å²) in [5.74, 6) is -0.909. The van der Waals surface area contributed by atoms with Gasteiger partial charge in [0, 0.05) is 38.2 Å². The van der Waals surface area contributed by atoms with Crippen molar-refractivity contribution in [1.29, 1.82) is 0 Å². The van der Waals surface area contributed by atoms with Gasteiger partial charge < -0.3 is 15.3 Å². The number of carboxylic acids is 1. The van der Waals surface area contributed by atoms with E-state index in [2.05, 4.69) is 34.5 Å². The minimum Gasteiger partial charge on any atom is -0.481 e. The normalized spacial score (nSPS) is 13.0. The Balaban J connectivity index is 1.60. The average molecular weight is 290 g/mol. The first-order valence-corrected chi connectivity index (χ1v) is 7.48. The number of aliphatic carboxylic acids is 1. The van der Waals surface area contributed by atoms with Gasteiger partial charge in [0.2, 0.25) is 5.91 Å². The molecule has 0 saturated heterocycles. The Morgan fingerprint density at radius 2 is 2.00 bits per heavy atom. The molecule has 1 aliphatic rings. The number of amides is 1. The maximum Gasteiger partial charge on any atom is 0.303 e. The Morgan fingerprint density at radius 1 is 1.19 bits per heavy atom. The molecule has 5 heteroatoms. The van der Waals surface area contributed by atoms with Gasteiger partial charge in [0.15, 0.2) is 0 Å². The Kier molecular flexibility index (Phi) is 5.60. The molecule has 0 radical (unpaired) electrons. The minimum absolute atomic E-state index is 0.0536. The largest absolute Gasteiger partial charge is 0.481 e. The van der Waals surface area contributed by atoms with Crippen LogP contribution in [0.1, 0.15) is 31.2 Å². The summed E-state index contributed by atoms with van der Waals surface area (Å²) in [6.45, 7) is 2.63. The standard InChI is InChI=1S/C16H22N2O3/c19-15(7-3-8-16(20)21)17-10-4-11-18-12-9-13-5-1-2-6-14(13)18/h1-2,5-6H,3-4,7-12H2,(H,17,19)(H,20,21). The van der Waals surface area contributed by atoms with Gasteiger partial charge in [-0.2, -0.15) is 0 Å². The molecule has 1 aromatic rings. The van der Waals surface area contributed by atoms with E-state index in [9.17, 15) is 9.59 Å². The third-order valence-electron chi connectivity index (χ3n) is 3.70. The third kappa shape index (κ3) is 4.77. The van der Waals surface area contributed by atoms with Crippen LogP contribution in [0.4, 0.5) is 5.69 Å². The van der Waals surface area contributed by atoms with E-state index < -0.39 is 5.97 Å². The molecule has 1 aromatic carbocycles. The van der Waals surface area contributed by atoms with Crippen molar-refractivity contribution in [1.82, 2.24) is 5.32 Å². The van der Waals surface area contributed by atoms with E-state index in [4.69, 9.17) is 5.11 Å². The van der Waals surface area contributed by atoms with Gasteiger partial charge in [0.05, 0.1) is 0 Å². The lowest BCUT2D eigenvalue weighted by molar-refractivity contribution is -0.137. The number of nitrogens with zero attached hydrogens (tertiary/aromatic N) is 1. The summed E-state index contributed by atoms with van der Waals surface area (Å²) in [7, 11) is 0. The van der Waals surface area contributed by atoms with E-state index >= 15 is 0 Å². The number of anilines is 1. The van der Waals surface area contributed by atoms with Crippen molar-refractivity contribution in [3.8, 4) is 0 Å². The van der Waals surface area contributed by atoms with Crippen molar-refractivity contribution in [3.63, 3.8) is 0 Å². The van der Waals surface area contributed by atoms with Gasteiger partial charge in [-0.25, -0.2) is 0 Å². The van der Waals surface area contributed by atoms with Gasteiger partial charge >= 0.3 is 5.97 Å². The molecular formula is C16H22N2O3. The van der Waals surface area contributed by atoms with Crippen LogP contribution in [0.25, 0.3) is 0 Å². The lowest BCUT2D eigenvalue weighted by Crippen LogP contribution is -2.29. The molecule has 0 aliphatic carbocycles. The quantitative estimate of drug-likeness (QED) is 0.716. The molecule has 5 nitrogen and oxygen atoms in total. The van der Waals surface area contributed by atoms with Crippen molar-refractivity contribution in [3.05, 3.63) is 29.8 Å². The SMILES string of the molecule is O=C(O)CCCC(=O)NCCCN1CCc2ccccc21. The number of carbonyl (C=O) groups excluding carboxylic acids is 1. The van der Waals surface area contributed by atoms with Crippen LogP contribution < -0.4 is 10.2 Å². The van der Waals surface area contributed by atoms with Gasteiger partial charge in [-0.15, -0.1) is 0 Å². The number of para-hydroxylation sites is 1. The fourth-order valence-electron chi connectivity index (χ4n) is 2.63. The van der Waals surface area contributed by atoms with E-state index in [1.165, 1.54) is 11.3 Å². The summed E-state index contributed by atoms with van der Waals surface area (Å²) in [4.78, 5) is 24.2. The van der Waals surface area contributed by atoms with Crippen LogP contribution in [0.5, 0.6) is 0 Å². The van der Waals surface area contributed by atoms with Gasteiger partial charge in [0.1, 0.15) is 0 Å². The first-order valence-electron chi connectivity index (χ1n) is 7.48. The molecule has 0 atom stereocenters.